The maximum absolute atomic E-state index is 13.1. The van der Waals surface area contributed by atoms with E-state index in [9.17, 15) is 19.8 Å². The third-order valence-corrected chi connectivity index (χ3v) is 5.63. The predicted molar refractivity (Wildman–Crippen MR) is 120 cm³/mol. The smallest absolute Gasteiger partial charge is 0.344 e. The molecule has 0 fully saturated rings. The minimum absolute atomic E-state index is 0.148. The number of hydrogen-bond donors (Lipinski definition) is 2. The number of hydrogen-bond acceptors (Lipinski definition) is 6. The Bertz CT molecular complexity index is 1490. The lowest BCUT2D eigenvalue weighted by molar-refractivity contribution is 0.441. The molecule has 0 aliphatic heterocycles. The lowest BCUT2D eigenvalue weighted by Gasteiger charge is -2.20. The van der Waals surface area contributed by atoms with Crippen molar-refractivity contribution in [3.05, 3.63) is 116 Å². The molecule has 0 saturated carbocycles. The second-order valence-corrected chi connectivity index (χ2v) is 7.64. The molecule has 0 radical (unpaired) electrons. The van der Waals surface area contributed by atoms with Crippen LogP contribution in [0.25, 0.3) is 21.9 Å². The van der Waals surface area contributed by atoms with E-state index in [1.807, 2.05) is 19.1 Å². The summed E-state index contributed by atoms with van der Waals surface area (Å²) in [4.78, 5) is 26.1. The Kier molecular flexibility index (Phi) is 4.56. The van der Waals surface area contributed by atoms with E-state index < -0.39 is 17.2 Å². The zero-order valence-electron chi connectivity index (χ0n) is 17.0. The zero-order chi connectivity index (χ0) is 22.4. The fourth-order valence-electron chi connectivity index (χ4n) is 4.04. The van der Waals surface area contributed by atoms with Crippen LogP contribution in [0.3, 0.4) is 0 Å². The molecular formula is C26H18O6. The van der Waals surface area contributed by atoms with Crippen molar-refractivity contribution in [3.8, 4) is 11.5 Å². The van der Waals surface area contributed by atoms with Gasteiger partial charge in [0.2, 0.25) is 0 Å². The summed E-state index contributed by atoms with van der Waals surface area (Å²) in [7, 11) is 0. The molecule has 6 nitrogen and oxygen atoms in total. The normalized spacial score (nSPS) is 11.4. The first kappa shape index (κ1) is 19.6. The summed E-state index contributed by atoms with van der Waals surface area (Å²) in [6.07, 6.45) is 0. The second-order valence-electron chi connectivity index (χ2n) is 7.64. The molecule has 0 amide bonds. The zero-order valence-corrected chi connectivity index (χ0v) is 17.0. The molecule has 3 aromatic carbocycles. The average Bonchev–Trinajstić information content (AvgIpc) is 2.78. The Hall–Kier alpha value is -4.32. The van der Waals surface area contributed by atoms with Crippen molar-refractivity contribution in [2.45, 2.75) is 12.8 Å². The SMILES string of the molecule is Cc1ccc(C(c2c(O)c3ccccc3oc2=O)c2c(O)c3ccccc3oc2=O)cc1. The van der Waals surface area contributed by atoms with Gasteiger partial charge in [-0.2, -0.15) is 0 Å². The van der Waals surface area contributed by atoms with Gasteiger partial charge in [-0.05, 0) is 36.8 Å². The Balaban J connectivity index is 1.91. The minimum Gasteiger partial charge on any atom is -0.507 e. The van der Waals surface area contributed by atoms with Crippen molar-refractivity contribution < 1.29 is 19.0 Å². The fourth-order valence-corrected chi connectivity index (χ4v) is 4.04. The lowest BCUT2D eigenvalue weighted by Crippen LogP contribution is -2.21. The standard InChI is InChI=1S/C26H18O6/c1-14-10-12-15(13-11-14)20(21-23(27)16-6-2-4-8-18(16)31-25(21)29)22-24(28)17-7-3-5-9-19(17)32-26(22)30/h2-13,20,27-28H,1H3. The highest BCUT2D eigenvalue weighted by molar-refractivity contribution is 5.86. The summed E-state index contributed by atoms with van der Waals surface area (Å²) in [5.41, 5.74) is 0.0177. The third-order valence-electron chi connectivity index (χ3n) is 5.63. The second kappa shape index (κ2) is 7.42. The van der Waals surface area contributed by atoms with Gasteiger partial charge in [0.1, 0.15) is 22.7 Å². The molecule has 2 heterocycles. The molecule has 2 aromatic heterocycles. The molecule has 0 aliphatic carbocycles. The first-order chi connectivity index (χ1) is 15.5. The van der Waals surface area contributed by atoms with Crippen LogP contribution < -0.4 is 11.3 Å². The molecule has 5 aromatic rings. The Morgan fingerprint density at radius 1 is 0.656 bits per heavy atom. The number of aryl methyl sites for hydroxylation is 1. The average molecular weight is 426 g/mol. The summed E-state index contributed by atoms with van der Waals surface area (Å²) in [5.74, 6) is -1.74. The first-order valence-electron chi connectivity index (χ1n) is 10.0. The predicted octanol–water partition coefficient (Wildman–Crippen LogP) is 4.80. The van der Waals surface area contributed by atoms with Gasteiger partial charge in [-0.3, -0.25) is 0 Å². The van der Waals surface area contributed by atoms with Crippen LogP contribution in [0.4, 0.5) is 0 Å². The molecular weight excluding hydrogens is 408 g/mol. The maximum Gasteiger partial charge on any atom is 0.344 e. The fraction of sp³-hybridized carbons (Fsp3) is 0.0769. The van der Waals surface area contributed by atoms with Crippen LogP contribution in [0.15, 0.2) is 91.2 Å². The van der Waals surface area contributed by atoms with Gasteiger partial charge in [-0.1, -0.05) is 54.1 Å². The van der Waals surface area contributed by atoms with Gasteiger partial charge in [-0.25, -0.2) is 9.59 Å². The highest BCUT2D eigenvalue weighted by atomic mass is 16.4. The number of para-hydroxylation sites is 2. The Morgan fingerprint density at radius 3 is 1.56 bits per heavy atom. The van der Waals surface area contributed by atoms with Crippen molar-refractivity contribution >= 4 is 21.9 Å². The van der Waals surface area contributed by atoms with Crippen molar-refractivity contribution in [2.24, 2.45) is 0 Å². The Labute approximate surface area is 181 Å². The van der Waals surface area contributed by atoms with Crippen LogP contribution in [-0.4, -0.2) is 10.2 Å². The molecule has 0 aliphatic rings. The van der Waals surface area contributed by atoms with Crippen LogP contribution in [0.2, 0.25) is 0 Å². The highest BCUT2D eigenvalue weighted by Gasteiger charge is 2.32. The van der Waals surface area contributed by atoms with Crippen molar-refractivity contribution in [3.63, 3.8) is 0 Å². The van der Waals surface area contributed by atoms with E-state index in [1.54, 1.807) is 60.7 Å². The van der Waals surface area contributed by atoms with E-state index in [-0.39, 0.29) is 33.8 Å². The third kappa shape index (κ3) is 3.04. The summed E-state index contributed by atoms with van der Waals surface area (Å²) >= 11 is 0. The molecule has 0 bridgehead atoms. The van der Waals surface area contributed by atoms with E-state index in [0.29, 0.717) is 16.3 Å². The van der Waals surface area contributed by atoms with E-state index in [4.69, 9.17) is 8.83 Å². The van der Waals surface area contributed by atoms with E-state index in [2.05, 4.69) is 0 Å². The lowest BCUT2D eigenvalue weighted by atomic mass is 9.84. The van der Waals surface area contributed by atoms with Crippen LogP contribution in [0, 0.1) is 6.92 Å². The largest absolute Gasteiger partial charge is 0.507 e. The molecule has 5 rings (SSSR count). The van der Waals surface area contributed by atoms with E-state index in [0.717, 1.165) is 5.56 Å². The van der Waals surface area contributed by atoms with Gasteiger partial charge in [0, 0.05) is 0 Å². The summed E-state index contributed by atoms with van der Waals surface area (Å²) in [6, 6.07) is 20.3. The molecule has 2 N–H and O–H groups in total. The molecule has 0 unspecified atom stereocenters. The number of aromatic hydroxyl groups is 2. The van der Waals surface area contributed by atoms with Gasteiger partial charge < -0.3 is 19.0 Å². The van der Waals surface area contributed by atoms with Crippen molar-refractivity contribution in [2.75, 3.05) is 0 Å². The van der Waals surface area contributed by atoms with Gasteiger partial charge >= 0.3 is 11.3 Å². The van der Waals surface area contributed by atoms with Crippen LogP contribution in [0.1, 0.15) is 28.2 Å². The molecule has 0 spiro atoms. The number of rotatable bonds is 3. The summed E-state index contributed by atoms with van der Waals surface area (Å²) < 4.78 is 10.9. The summed E-state index contributed by atoms with van der Waals surface area (Å²) in [6.45, 7) is 1.91. The van der Waals surface area contributed by atoms with Crippen molar-refractivity contribution in [1.82, 2.24) is 0 Å². The van der Waals surface area contributed by atoms with Crippen molar-refractivity contribution in [1.29, 1.82) is 0 Å². The van der Waals surface area contributed by atoms with Gasteiger partial charge in [0.15, 0.2) is 0 Å². The van der Waals surface area contributed by atoms with E-state index >= 15 is 0 Å². The monoisotopic (exact) mass is 426 g/mol. The summed E-state index contributed by atoms with van der Waals surface area (Å²) in [5, 5.41) is 22.8. The maximum atomic E-state index is 13.1. The Morgan fingerprint density at radius 2 is 1.09 bits per heavy atom. The topological polar surface area (TPSA) is 101 Å². The van der Waals surface area contributed by atoms with Gasteiger partial charge in [0.25, 0.3) is 0 Å². The highest BCUT2D eigenvalue weighted by Crippen LogP contribution is 2.41. The molecule has 158 valence electrons. The van der Waals surface area contributed by atoms with Gasteiger partial charge in [-0.15, -0.1) is 0 Å². The van der Waals surface area contributed by atoms with Gasteiger partial charge in [0.05, 0.1) is 27.8 Å². The minimum atomic E-state index is -1.11. The van der Waals surface area contributed by atoms with Crippen LogP contribution >= 0.6 is 0 Å². The van der Waals surface area contributed by atoms with Crippen LogP contribution in [-0.2, 0) is 0 Å². The molecule has 32 heavy (non-hydrogen) atoms. The van der Waals surface area contributed by atoms with Crippen LogP contribution in [0.5, 0.6) is 11.5 Å². The molecule has 0 atom stereocenters. The first-order valence-corrected chi connectivity index (χ1v) is 10.0. The molecule has 0 saturated heterocycles. The van der Waals surface area contributed by atoms with E-state index in [1.165, 1.54) is 0 Å². The number of fused-ring (bicyclic) bond motifs is 2. The quantitative estimate of drug-likeness (QED) is 0.402. The number of benzene rings is 3. The molecule has 6 heteroatoms.